The first-order valence-corrected chi connectivity index (χ1v) is 9.36. The van der Waals surface area contributed by atoms with E-state index in [-0.39, 0.29) is 11.8 Å². The number of aromatic nitrogens is 1. The van der Waals surface area contributed by atoms with E-state index in [1.807, 2.05) is 5.38 Å². The van der Waals surface area contributed by atoms with Gasteiger partial charge in [-0.1, -0.05) is 6.07 Å². The molecule has 0 aliphatic carbocycles. The van der Waals surface area contributed by atoms with Gasteiger partial charge < -0.3 is 24.8 Å². The number of hydrogen-bond acceptors (Lipinski definition) is 7. The number of ether oxygens (including phenoxy) is 3. The van der Waals surface area contributed by atoms with Gasteiger partial charge in [0, 0.05) is 5.56 Å². The minimum Gasteiger partial charge on any atom is -0.493 e. The highest BCUT2D eigenvalue weighted by Crippen LogP contribution is 2.38. The molecule has 2 N–H and O–H groups in total. The zero-order valence-electron chi connectivity index (χ0n) is 16.0. The highest BCUT2D eigenvalue weighted by molar-refractivity contribution is 7.12. The van der Waals surface area contributed by atoms with Gasteiger partial charge in [0.1, 0.15) is 5.82 Å². The summed E-state index contributed by atoms with van der Waals surface area (Å²) >= 11 is 1.34. The number of anilines is 2. The molecule has 0 atom stereocenters. The van der Waals surface area contributed by atoms with Crippen LogP contribution in [0.2, 0.25) is 0 Å². The molecular formula is C20H19N3O5S. The van der Waals surface area contributed by atoms with Gasteiger partial charge in [0.05, 0.1) is 38.1 Å². The first-order chi connectivity index (χ1) is 14.0. The number of hydrogen-bond donors (Lipinski definition) is 2. The molecule has 150 valence electrons. The van der Waals surface area contributed by atoms with E-state index in [1.165, 1.54) is 38.9 Å². The molecule has 0 unspecified atom stereocenters. The summed E-state index contributed by atoms with van der Waals surface area (Å²) in [5.41, 5.74) is 0.799. The van der Waals surface area contributed by atoms with E-state index in [9.17, 15) is 9.59 Å². The van der Waals surface area contributed by atoms with Crippen LogP contribution in [0.15, 0.2) is 48.0 Å². The minimum absolute atomic E-state index is 0.235. The molecule has 8 nitrogen and oxygen atoms in total. The van der Waals surface area contributed by atoms with Gasteiger partial charge in [-0.05, 0) is 35.7 Å². The van der Waals surface area contributed by atoms with E-state index in [0.29, 0.717) is 39.2 Å². The van der Waals surface area contributed by atoms with Crippen molar-refractivity contribution in [1.82, 2.24) is 4.98 Å². The summed E-state index contributed by atoms with van der Waals surface area (Å²) in [7, 11) is 4.45. The molecule has 1 aromatic carbocycles. The summed E-state index contributed by atoms with van der Waals surface area (Å²) < 4.78 is 15.8. The molecule has 0 aliphatic heterocycles. The van der Waals surface area contributed by atoms with E-state index < -0.39 is 0 Å². The summed E-state index contributed by atoms with van der Waals surface area (Å²) in [6, 6.07) is 9.89. The van der Waals surface area contributed by atoms with Crippen molar-refractivity contribution in [1.29, 1.82) is 0 Å². The van der Waals surface area contributed by atoms with Crippen LogP contribution >= 0.6 is 11.3 Å². The van der Waals surface area contributed by atoms with Crippen molar-refractivity contribution in [3.05, 3.63) is 58.4 Å². The van der Waals surface area contributed by atoms with Crippen LogP contribution in [0.3, 0.4) is 0 Å². The largest absolute Gasteiger partial charge is 0.493 e. The van der Waals surface area contributed by atoms with Gasteiger partial charge in [0.25, 0.3) is 11.8 Å². The van der Waals surface area contributed by atoms with Gasteiger partial charge in [0.15, 0.2) is 11.5 Å². The van der Waals surface area contributed by atoms with Gasteiger partial charge in [-0.25, -0.2) is 4.98 Å². The fourth-order valence-electron chi connectivity index (χ4n) is 2.54. The maximum Gasteiger partial charge on any atom is 0.266 e. The number of methoxy groups -OCH3 is 3. The summed E-state index contributed by atoms with van der Waals surface area (Å²) in [4.78, 5) is 29.4. The predicted molar refractivity (Wildman–Crippen MR) is 111 cm³/mol. The Balaban J connectivity index is 1.71. The Morgan fingerprint density at radius 3 is 2.17 bits per heavy atom. The molecule has 3 rings (SSSR count). The summed E-state index contributed by atoms with van der Waals surface area (Å²) in [6.45, 7) is 0. The monoisotopic (exact) mass is 413 g/mol. The number of amides is 2. The molecule has 29 heavy (non-hydrogen) atoms. The van der Waals surface area contributed by atoms with Crippen LogP contribution in [-0.4, -0.2) is 38.1 Å². The average Bonchev–Trinajstić information content (AvgIpc) is 3.29. The zero-order valence-corrected chi connectivity index (χ0v) is 16.8. The SMILES string of the molecule is COc1cc(C(=O)Nc2ccc(NC(=O)c3cccs3)nc2)cc(OC)c1OC. The van der Waals surface area contributed by atoms with Crippen LogP contribution in [0.5, 0.6) is 17.2 Å². The number of carbonyl (C=O) groups excluding carboxylic acids is 2. The third kappa shape index (κ3) is 4.64. The van der Waals surface area contributed by atoms with Crippen molar-refractivity contribution in [2.24, 2.45) is 0 Å². The highest BCUT2D eigenvalue weighted by Gasteiger charge is 2.17. The van der Waals surface area contributed by atoms with Crippen LogP contribution in [0.1, 0.15) is 20.0 Å². The topological polar surface area (TPSA) is 98.8 Å². The molecule has 0 aliphatic rings. The maximum atomic E-state index is 12.6. The second-order valence-corrected chi connectivity index (χ2v) is 6.68. The number of pyridine rings is 1. The Hall–Kier alpha value is -3.59. The minimum atomic E-state index is -0.374. The lowest BCUT2D eigenvalue weighted by Crippen LogP contribution is -2.14. The van der Waals surface area contributed by atoms with Crippen molar-refractivity contribution < 1.29 is 23.8 Å². The summed E-state index contributed by atoms with van der Waals surface area (Å²) in [5.74, 6) is 0.930. The van der Waals surface area contributed by atoms with Crippen LogP contribution in [0.4, 0.5) is 11.5 Å². The van der Waals surface area contributed by atoms with Gasteiger partial charge >= 0.3 is 0 Å². The van der Waals surface area contributed by atoms with E-state index >= 15 is 0 Å². The smallest absolute Gasteiger partial charge is 0.266 e. The second-order valence-electron chi connectivity index (χ2n) is 5.73. The average molecular weight is 413 g/mol. The maximum absolute atomic E-state index is 12.6. The number of thiophene rings is 1. The fraction of sp³-hybridized carbons (Fsp3) is 0.150. The Morgan fingerprint density at radius 2 is 1.66 bits per heavy atom. The molecule has 2 heterocycles. The van der Waals surface area contributed by atoms with Gasteiger partial charge in [-0.2, -0.15) is 0 Å². The van der Waals surface area contributed by atoms with Gasteiger partial charge in [-0.3, -0.25) is 9.59 Å². The van der Waals surface area contributed by atoms with Crippen LogP contribution < -0.4 is 24.8 Å². The van der Waals surface area contributed by atoms with Crippen molar-refractivity contribution in [3.63, 3.8) is 0 Å². The number of carbonyl (C=O) groups is 2. The normalized spacial score (nSPS) is 10.2. The van der Waals surface area contributed by atoms with Crippen molar-refractivity contribution in [2.75, 3.05) is 32.0 Å². The molecule has 0 saturated heterocycles. The molecule has 0 radical (unpaired) electrons. The highest BCUT2D eigenvalue weighted by atomic mass is 32.1. The van der Waals surface area contributed by atoms with E-state index in [0.717, 1.165) is 0 Å². The first-order valence-electron chi connectivity index (χ1n) is 8.48. The quantitative estimate of drug-likeness (QED) is 0.613. The molecule has 0 fully saturated rings. The number of rotatable bonds is 7. The fourth-order valence-corrected chi connectivity index (χ4v) is 3.16. The van der Waals surface area contributed by atoms with E-state index in [2.05, 4.69) is 15.6 Å². The molecular weight excluding hydrogens is 394 g/mol. The predicted octanol–water partition coefficient (Wildman–Crippen LogP) is 3.67. The number of benzene rings is 1. The summed E-state index contributed by atoms with van der Waals surface area (Å²) in [5, 5.41) is 7.27. The number of nitrogens with one attached hydrogen (secondary N) is 2. The lowest BCUT2D eigenvalue weighted by atomic mass is 10.1. The third-order valence-electron chi connectivity index (χ3n) is 3.93. The molecule has 3 aromatic rings. The third-order valence-corrected chi connectivity index (χ3v) is 4.80. The van der Waals surface area contributed by atoms with Gasteiger partial charge in [-0.15, -0.1) is 11.3 Å². The second kappa shape index (κ2) is 9.07. The lowest BCUT2D eigenvalue weighted by Gasteiger charge is -2.14. The lowest BCUT2D eigenvalue weighted by molar-refractivity contribution is 0.101. The Bertz CT molecular complexity index is 978. The van der Waals surface area contributed by atoms with Gasteiger partial charge in [0.2, 0.25) is 5.75 Å². The Kier molecular flexibility index (Phi) is 6.30. The van der Waals surface area contributed by atoms with Crippen LogP contribution in [-0.2, 0) is 0 Å². The molecule has 9 heteroatoms. The van der Waals surface area contributed by atoms with Crippen LogP contribution in [0, 0.1) is 0 Å². The molecule has 0 saturated carbocycles. The first kappa shape index (κ1) is 20.2. The Morgan fingerprint density at radius 1 is 0.931 bits per heavy atom. The number of nitrogens with zero attached hydrogens (tertiary/aromatic N) is 1. The molecule has 2 amide bonds. The molecule has 2 aromatic heterocycles. The Labute approximate surface area is 171 Å². The van der Waals surface area contributed by atoms with E-state index in [1.54, 1.807) is 36.4 Å². The van der Waals surface area contributed by atoms with Crippen molar-refractivity contribution >= 4 is 34.7 Å². The van der Waals surface area contributed by atoms with Crippen molar-refractivity contribution in [3.8, 4) is 17.2 Å². The van der Waals surface area contributed by atoms with Crippen LogP contribution in [0.25, 0.3) is 0 Å². The van der Waals surface area contributed by atoms with Crippen molar-refractivity contribution in [2.45, 2.75) is 0 Å². The molecule has 0 spiro atoms. The standard InChI is InChI=1S/C20H19N3O5S/c1-26-14-9-12(10-15(27-2)18(14)28-3)19(24)22-13-6-7-17(21-11-13)23-20(25)16-5-4-8-29-16/h4-11H,1-3H3,(H,22,24)(H,21,23,25). The zero-order chi connectivity index (χ0) is 20.8. The van der Waals surface area contributed by atoms with E-state index in [4.69, 9.17) is 14.2 Å². The summed E-state index contributed by atoms with van der Waals surface area (Å²) in [6.07, 6.45) is 1.46. The molecule has 0 bridgehead atoms.